The zero-order chi connectivity index (χ0) is 26.1. The van der Waals surface area contributed by atoms with Crippen LogP contribution in [-0.4, -0.2) is 37.0 Å². The highest BCUT2D eigenvalue weighted by atomic mass is 32.1. The standard InChI is InChI=1S/C29H26N6OS2/c1-19-11-13-20(14-12-19)31-25(36)15-18-35-27(26(33-28(35)37)22-8-4-5-16-30-22)23-9-6-17-34(23)29-32-21-7-2-3-10-24(21)38-29/h2-14,16-17,26-27H,15,18H2,1H3,(H,31,36)(H,33,37)/t26-,27+/m0/s1. The van der Waals surface area contributed by atoms with E-state index in [1.165, 1.54) is 0 Å². The number of aryl methyl sites for hydroxylation is 1. The molecule has 4 heterocycles. The van der Waals surface area contributed by atoms with E-state index in [-0.39, 0.29) is 18.0 Å². The van der Waals surface area contributed by atoms with Crippen LogP contribution in [-0.2, 0) is 4.79 Å². The molecule has 0 unspecified atom stereocenters. The molecule has 9 heteroatoms. The number of amides is 1. The Morgan fingerprint density at radius 1 is 1.05 bits per heavy atom. The Kier molecular flexibility index (Phi) is 6.61. The Balaban J connectivity index is 1.31. The third kappa shape index (κ3) is 4.78. The van der Waals surface area contributed by atoms with Crippen molar-refractivity contribution in [1.29, 1.82) is 0 Å². The summed E-state index contributed by atoms with van der Waals surface area (Å²) in [6.07, 6.45) is 4.12. The van der Waals surface area contributed by atoms with Crippen LogP contribution in [0.3, 0.4) is 0 Å². The number of pyridine rings is 1. The van der Waals surface area contributed by atoms with Gasteiger partial charge in [-0.2, -0.15) is 0 Å². The van der Waals surface area contributed by atoms with Crippen LogP contribution in [0.1, 0.15) is 35.5 Å². The number of hydrogen-bond donors (Lipinski definition) is 2. The molecule has 0 aliphatic carbocycles. The molecule has 6 rings (SSSR count). The number of aromatic nitrogens is 3. The maximum atomic E-state index is 12.9. The number of rotatable bonds is 7. The molecule has 1 saturated heterocycles. The van der Waals surface area contributed by atoms with Gasteiger partial charge in [-0.3, -0.25) is 14.3 Å². The van der Waals surface area contributed by atoms with Crippen molar-refractivity contribution in [3.8, 4) is 5.13 Å². The molecule has 1 aliphatic rings. The first kappa shape index (κ1) is 24.3. The van der Waals surface area contributed by atoms with Crippen LogP contribution in [0.15, 0.2) is 91.3 Å². The molecular weight excluding hydrogens is 512 g/mol. The second-order valence-electron chi connectivity index (χ2n) is 9.25. The summed E-state index contributed by atoms with van der Waals surface area (Å²) in [6, 6.07) is 25.6. The van der Waals surface area contributed by atoms with Gasteiger partial charge in [-0.25, -0.2) is 4.98 Å². The number of fused-ring (bicyclic) bond motifs is 1. The van der Waals surface area contributed by atoms with Crippen LogP contribution in [0.5, 0.6) is 0 Å². The summed E-state index contributed by atoms with van der Waals surface area (Å²) in [5.74, 6) is -0.0572. The van der Waals surface area contributed by atoms with Crippen molar-refractivity contribution in [2.45, 2.75) is 25.4 Å². The Labute approximate surface area is 230 Å². The zero-order valence-electron chi connectivity index (χ0n) is 20.7. The number of benzene rings is 2. The predicted octanol–water partition coefficient (Wildman–Crippen LogP) is 5.79. The minimum absolute atomic E-state index is 0.0572. The maximum Gasteiger partial charge on any atom is 0.226 e. The smallest absolute Gasteiger partial charge is 0.226 e. The van der Waals surface area contributed by atoms with Crippen molar-refractivity contribution in [2.24, 2.45) is 0 Å². The van der Waals surface area contributed by atoms with Crippen LogP contribution in [0.25, 0.3) is 15.3 Å². The van der Waals surface area contributed by atoms with Gasteiger partial charge in [0.1, 0.15) is 0 Å². The van der Waals surface area contributed by atoms with Crippen LogP contribution in [0, 0.1) is 6.92 Å². The first-order chi connectivity index (χ1) is 18.6. The summed E-state index contributed by atoms with van der Waals surface area (Å²) in [7, 11) is 0. The Bertz CT molecular complexity index is 1560. The van der Waals surface area contributed by atoms with Crippen molar-refractivity contribution < 1.29 is 4.79 Å². The fraction of sp³-hybridized carbons (Fsp3) is 0.172. The van der Waals surface area contributed by atoms with Gasteiger partial charge in [-0.05, 0) is 67.7 Å². The van der Waals surface area contributed by atoms with E-state index in [1.54, 1.807) is 17.5 Å². The Morgan fingerprint density at radius 3 is 2.66 bits per heavy atom. The molecule has 7 nitrogen and oxygen atoms in total. The largest absolute Gasteiger partial charge is 0.352 e. The van der Waals surface area contributed by atoms with E-state index in [9.17, 15) is 4.79 Å². The quantitative estimate of drug-likeness (QED) is 0.256. The van der Waals surface area contributed by atoms with Gasteiger partial charge in [-0.15, -0.1) is 0 Å². The van der Waals surface area contributed by atoms with Gasteiger partial charge in [0, 0.05) is 31.0 Å². The van der Waals surface area contributed by atoms with Gasteiger partial charge in [0.2, 0.25) is 5.91 Å². The highest BCUT2D eigenvalue weighted by Gasteiger charge is 2.41. The van der Waals surface area contributed by atoms with Crippen molar-refractivity contribution in [3.05, 3.63) is 108 Å². The van der Waals surface area contributed by atoms with Gasteiger partial charge in [0.25, 0.3) is 0 Å². The number of nitrogens with zero attached hydrogens (tertiary/aromatic N) is 4. The number of carbonyl (C=O) groups excluding carboxylic acids is 1. The fourth-order valence-corrected chi connectivity index (χ4v) is 6.12. The van der Waals surface area contributed by atoms with Crippen molar-refractivity contribution in [1.82, 2.24) is 24.8 Å². The van der Waals surface area contributed by atoms with E-state index in [4.69, 9.17) is 17.2 Å². The van der Waals surface area contributed by atoms with Crippen LogP contribution >= 0.6 is 23.6 Å². The highest BCUT2D eigenvalue weighted by Crippen LogP contribution is 2.40. The van der Waals surface area contributed by atoms with Gasteiger partial charge >= 0.3 is 0 Å². The summed E-state index contributed by atoms with van der Waals surface area (Å²) in [4.78, 5) is 24.5. The molecule has 0 spiro atoms. The van der Waals surface area contributed by atoms with Gasteiger partial charge in [-0.1, -0.05) is 47.2 Å². The first-order valence-electron chi connectivity index (χ1n) is 12.4. The molecular formula is C29H26N6OS2. The fourth-order valence-electron chi connectivity index (χ4n) is 4.82. The van der Waals surface area contributed by atoms with Crippen molar-refractivity contribution in [3.63, 3.8) is 0 Å². The summed E-state index contributed by atoms with van der Waals surface area (Å²) in [5.41, 5.74) is 4.83. The third-order valence-corrected chi connectivity index (χ3v) is 8.07. The molecule has 2 N–H and O–H groups in total. The molecule has 1 amide bonds. The highest BCUT2D eigenvalue weighted by molar-refractivity contribution is 7.80. The molecule has 2 aromatic carbocycles. The number of thiazole rings is 1. The SMILES string of the molecule is Cc1ccc(NC(=O)CCN2C(=S)N[C@@H](c3ccccn3)[C@H]2c2cccn2-c2nc3ccccc3s2)cc1. The zero-order valence-corrected chi connectivity index (χ0v) is 22.4. The summed E-state index contributed by atoms with van der Waals surface area (Å²) in [6.45, 7) is 2.48. The van der Waals surface area contributed by atoms with Crippen LogP contribution in [0.2, 0.25) is 0 Å². The van der Waals surface area contributed by atoms with E-state index in [1.807, 2.05) is 79.9 Å². The lowest BCUT2D eigenvalue weighted by Gasteiger charge is -2.28. The van der Waals surface area contributed by atoms with E-state index < -0.39 is 0 Å². The number of hydrogen-bond acceptors (Lipinski definition) is 5. The number of para-hydroxylation sites is 1. The molecule has 0 radical (unpaired) electrons. The lowest BCUT2D eigenvalue weighted by Crippen LogP contribution is -2.33. The molecule has 0 saturated carbocycles. The minimum Gasteiger partial charge on any atom is -0.352 e. The first-order valence-corrected chi connectivity index (χ1v) is 13.7. The molecule has 190 valence electrons. The second kappa shape index (κ2) is 10.4. The second-order valence-corrected chi connectivity index (χ2v) is 10.6. The van der Waals surface area contributed by atoms with Crippen molar-refractivity contribution >= 4 is 50.5 Å². The normalized spacial score (nSPS) is 17.1. The number of anilines is 1. The van der Waals surface area contributed by atoms with Crippen LogP contribution in [0.4, 0.5) is 5.69 Å². The number of nitrogens with one attached hydrogen (secondary N) is 2. The summed E-state index contributed by atoms with van der Waals surface area (Å²) in [5, 5.41) is 7.97. The summed E-state index contributed by atoms with van der Waals surface area (Å²) >= 11 is 7.46. The molecule has 38 heavy (non-hydrogen) atoms. The van der Waals surface area contributed by atoms with E-state index in [0.717, 1.165) is 38.0 Å². The van der Waals surface area contributed by atoms with Gasteiger partial charge < -0.3 is 15.5 Å². The minimum atomic E-state index is -0.174. The Hall–Kier alpha value is -4.08. The molecule has 3 aromatic heterocycles. The van der Waals surface area contributed by atoms with Crippen molar-refractivity contribution in [2.75, 3.05) is 11.9 Å². The molecule has 1 aliphatic heterocycles. The monoisotopic (exact) mass is 538 g/mol. The lowest BCUT2D eigenvalue weighted by atomic mass is 10.0. The number of carbonyl (C=O) groups is 1. The third-order valence-electron chi connectivity index (χ3n) is 6.68. The average Bonchev–Trinajstić information content (AvgIpc) is 3.65. The Morgan fingerprint density at radius 2 is 1.87 bits per heavy atom. The molecule has 2 atom stereocenters. The van der Waals surface area contributed by atoms with E-state index >= 15 is 0 Å². The van der Waals surface area contributed by atoms with E-state index in [2.05, 4.69) is 37.2 Å². The maximum absolute atomic E-state index is 12.9. The topological polar surface area (TPSA) is 75.1 Å². The van der Waals surface area contributed by atoms with Crippen LogP contribution < -0.4 is 10.6 Å². The lowest BCUT2D eigenvalue weighted by molar-refractivity contribution is -0.116. The molecule has 5 aromatic rings. The molecule has 0 bridgehead atoms. The average molecular weight is 539 g/mol. The molecule has 1 fully saturated rings. The van der Waals surface area contributed by atoms with Gasteiger partial charge in [0.05, 0.1) is 33.7 Å². The summed E-state index contributed by atoms with van der Waals surface area (Å²) < 4.78 is 3.26. The predicted molar refractivity (Wildman–Crippen MR) is 156 cm³/mol. The van der Waals surface area contributed by atoms with E-state index in [0.29, 0.717) is 18.1 Å². The van der Waals surface area contributed by atoms with Gasteiger partial charge in [0.15, 0.2) is 10.2 Å². The number of thiocarbonyl (C=S) groups is 1.